The zero-order valence-electron chi connectivity index (χ0n) is 14.9. The quantitative estimate of drug-likeness (QED) is 0.715. The Morgan fingerprint density at radius 2 is 2.00 bits per heavy atom. The van der Waals surface area contributed by atoms with E-state index in [9.17, 15) is 5.11 Å². The molecule has 6 heteroatoms. The van der Waals surface area contributed by atoms with Crippen LogP contribution < -0.4 is 0 Å². The third-order valence-corrected chi connectivity index (χ3v) is 5.58. The Morgan fingerprint density at radius 1 is 1.19 bits per heavy atom. The van der Waals surface area contributed by atoms with E-state index >= 15 is 0 Å². The number of likely N-dealkylation sites (tertiary alicyclic amines) is 1. The lowest BCUT2D eigenvalue weighted by molar-refractivity contribution is -0.0349. The molecule has 3 aromatic rings. The van der Waals surface area contributed by atoms with Crippen molar-refractivity contribution < 1.29 is 5.11 Å². The Balaban J connectivity index is 1.42. The standard InChI is InChI=1S/C20H23ClN4O/c1-15-12-22-8-4-16(15)13-24-10-6-20(26,7-11-24)14-25-9-5-17-18(25)2-3-19(21)23-17/h2-5,8-9,12,26H,6-7,10-11,13-14H2,1H3. The Labute approximate surface area is 158 Å². The average molecular weight is 371 g/mol. The Bertz CT molecular complexity index is 915. The molecule has 5 nitrogen and oxygen atoms in total. The molecule has 4 rings (SSSR count). The summed E-state index contributed by atoms with van der Waals surface area (Å²) in [6.45, 7) is 5.38. The summed E-state index contributed by atoms with van der Waals surface area (Å²) in [5.41, 5.74) is 3.72. The predicted octanol–water partition coefficient (Wildman–Crippen LogP) is 3.42. The van der Waals surface area contributed by atoms with Crippen molar-refractivity contribution in [1.29, 1.82) is 0 Å². The van der Waals surface area contributed by atoms with E-state index in [0.717, 1.165) is 43.5 Å². The van der Waals surface area contributed by atoms with Crippen molar-refractivity contribution in [3.63, 3.8) is 0 Å². The molecule has 0 aliphatic carbocycles. The first-order chi connectivity index (χ1) is 12.5. The van der Waals surface area contributed by atoms with Crippen LogP contribution in [0.5, 0.6) is 0 Å². The highest BCUT2D eigenvalue weighted by Gasteiger charge is 2.33. The maximum Gasteiger partial charge on any atom is 0.129 e. The molecule has 1 N–H and O–H groups in total. The lowest BCUT2D eigenvalue weighted by Crippen LogP contribution is -2.46. The van der Waals surface area contributed by atoms with Crippen LogP contribution in [0.2, 0.25) is 5.15 Å². The number of rotatable bonds is 4. The summed E-state index contributed by atoms with van der Waals surface area (Å²) in [4.78, 5) is 10.9. The van der Waals surface area contributed by atoms with Crippen LogP contribution in [0.25, 0.3) is 11.0 Å². The molecule has 4 heterocycles. The van der Waals surface area contributed by atoms with Crippen LogP contribution in [0.1, 0.15) is 24.0 Å². The van der Waals surface area contributed by atoms with Crippen LogP contribution in [0.15, 0.2) is 42.9 Å². The number of hydrogen-bond acceptors (Lipinski definition) is 4. The number of aryl methyl sites for hydroxylation is 1. The highest BCUT2D eigenvalue weighted by Crippen LogP contribution is 2.27. The molecule has 1 saturated heterocycles. The first-order valence-corrected chi connectivity index (χ1v) is 9.36. The van der Waals surface area contributed by atoms with E-state index in [1.807, 2.05) is 30.7 Å². The first kappa shape index (κ1) is 17.5. The van der Waals surface area contributed by atoms with Crippen molar-refractivity contribution in [3.05, 3.63) is 59.1 Å². The van der Waals surface area contributed by atoms with Gasteiger partial charge in [-0.2, -0.15) is 0 Å². The fourth-order valence-corrected chi connectivity index (χ4v) is 3.86. The number of hydrogen-bond donors (Lipinski definition) is 1. The van der Waals surface area contributed by atoms with Crippen molar-refractivity contribution in [2.45, 2.75) is 38.5 Å². The van der Waals surface area contributed by atoms with E-state index in [4.69, 9.17) is 11.6 Å². The molecule has 0 amide bonds. The first-order valence-electron chi connectivity index (χ1n) is 8.98. The van der Waals surface area contributed by atoms with Gasteiger partial charge in [0.2, 0.25) is 0 Å². The van der Waals surface area contributed by atoms with Crippen LogP contribution in [-0.4, -0.2) is 43.2 Å². The summed E-state index contributed by atoms with van der Waals surface area (Å²) < 4.78 is 2.08. The van der Waals surface area contributed by atoms with Crippen LogP contribution in [-0.2, 0) is 13.1 Å². The van der Waals surface area contributed by atoms with Crippen LogP contribution in [0.4, 0.5) is 0 Å². The molecule has 26 heavy (non-hydrogen) atoms. The molecule has 0 spiro atoms. The average Bonchev–Trinajstić information content (AvgIpc) is 3.00. The molecule has 0 unspecified atom stereocenters. The zero-order chi connectivity index (χ0) is 18.1. The molecule has 1 aliphatic heterocycles. The molecule has 1 fully saturated rings. The third kappa shape index (κ3) is 3.61. The van der Waals surface area contributed by atoms with Gasteiger partial charge in [-0.25, -0.2) is 4.98 Å². The smallest absolute Gasteiger partial charge is 0.129 e. The van der Waals surface area contributed by atoms with Gasteiger partial charge in [0.15, 0.2) is 0 Å². The minimum atomic E-state index is -0.685. The van der Waals surface area contributed by atoms with Crippen molar-refractivity contribution in [3.8, 4) is 0 Å². The maximum absolute atomic E-state index is 11.1. The SMILES string of the molecule is Cc1cnccc1CN1CCC(O)(Cn2ccc3nc(Cl)ccc32)CC1. The minimum Gasteiger partial charge on any atom is -0.388 e. The molecule has 0 atom stereocenters. The molecule has 3 aromatic heterocycles. The molecular formula is C20H23ClN4O. The molecule has 0 bridgehead atoms. The number of piperidine rings is 1. The van der Waals surface area contributed by atoms with Gasteiger partial charge in [-0.15, -0.1) is 0 Å². The summed E-state index contributed by atoms with van der Waals surface area (Å²) in [5.74, 6) is 0. The normalized spacial score (nSPS) is 17.7. The van der Waals surface area contributed by atoms with Gasteiger partial charge < -0.3 is 9.67 Å². The lowest BCUT2D eigenvalue weighted by atomic mass is 9.91. The van der Waals surface area contributed by atoms with Crippen molar-refractivity contribution in [2.24, 2.45) is 0 Å². The largest absolute Gasteiger partial charge is 0.388 e. The lowest BCUT2D eigenvalue weighted by Gasteiger charge is -2.38. The van der Waals surface area contributed by atoms with Gasteiger partial charge in [-0.3, -0.25) is 9.88 Å². The number of nitrogens with zero attached hydrogens (tertiary/aromatic N) is 4. The molecule has 0 saturated carbocycles. The second kappa shape index (κ2) is 6.99. The summed E-state index contributed by atoms with van der Waals surface area (Å²) in [7, 11) is 0. The molecular weight excluding hydrogens is 348 g/mol. The van der Waals surface area contributed by atoms with E-state index in [1.54, 1.807) is 6.07 Å². The molecule has 0 radical (unpaired) electrons. The van der Waals surface area contributed by atoms with Crippen LogP contribution in [0.3, 0.4) is 0 Å². The van der Waals surface area contributed by atoms with E-state index in [1.165, 1.54) is 11.1 Å². The Kier molecular flexibility index (Phi) is 4.69. The number of aromatic nitrogens is 3. The summed E-state index contributed by atoms with van der Waals surface area (Å²) in [5, 5.41) is 11.6. The summed E-state index contributed by atoms with van der Waals surface area (Å²) in [6.07, 6.45) is 7.27. The third-order valence-electron chi connectivity index (χ3n) is 5.37. The fraction of sp³-hybridized carbons (Fsp3) is 0.400. The number of halogens is 1. The van der Waals surface area contributed by atoms with E-state index in [2.05, 4.69) is 32.4 Å². The van der Waals surface area contributed by atoms with E-state index in [0.29, 0.717) is 11.7 Å². The van der Waals surface area contributed by atoms with E-state index in [-0.39, 0.29) is 0 Å². The van der Waals surface area contributed by atoms with Crippen LogP contribution >= 0.6 is 11.6 Å². The van der Waals surface area contributed by atoms with Gasteiger partial charge in [0.05, 0.1) is 23.2 Å². The zero-order valence-corrected chi connectivity index (χ0v) is 15.7. The van der Waals surface area contributed by atoms with Gasteiger partial charge in [0.1, 0.15) is 5.15 Å². The Morgan fingerprint density at radius 3 is 2.77 bits per heavy atom. The topological polar surface area (TPSA) is 54.2 Å². The number of fused-ring (bicyclic) bond motifs is 1. The predicted molar refractivity (Wildman–Crippen MR) is 103 cm³/mol. The molecule has 1 aliphatic rings. The van der Waals surface area contributed by atoms with Crippen molar-refractivity contribution in [2.75, 3.05) is 13.1 Å². The summed E-state index contributed by atoms with van der Waals surface area (Å²) in [6, 6.07) is 7.80. The second-order valence-corrected chi connectivity index (χ2v) is 7.67. The molecule has 0 aromatic carbocycles. The second-order valence-electron chi connectivity index (χ2n) is 7.28. The van der Waals surface area contributed by atoms with E-state index < -0.39 is 5.60 Å². The highest BCUT2D eigenvalue weighted by atomic mass is 35.5. The number of pyridine rings is 2. The van der Waals surface area contributed by atoms with Gasteiger partial charge in [-0.1, -0.05) is 11.6 Å². The highest BCUT2D eigenvalue weighted by molar-refractivity contribution is 6.29. The number of aliphatic hydroxyl groups is 1. The fourth-order valence-electron chi connectivity index (χ4n) is 3.71. The van der Waals surface area contributed by atoms with Gasteiger partial charge in [0, 0.05) is 38.2 Å². The van der Waals surface area contributed by atoms with Crippen LogP contribution in [0, 0.1) is 6.92 Å². The van der Waals surface area contributed by atoms with Gasteiger partial charge in [-0.05, 0) is 55.2 Å². The monoisotopic (exact) mass is 370 g/mol. The van der Waals surface area contributed by atoms with Crippen molar-refractivity contribution >= 4 is 22.6 Å². The summed E-state index contributed by atoms with van der Waals surface area (Å²) >= 11 is 5.96. The van der Waals surface area contributed by atoms with Crippen molar-refractivity contribution in [1.82, 2.24) is 19.4 Å². The molecule has 136 valence electrons. The Hall–Kier alpha value is -1.95. The van der Waals surface area contributed by atoms with Gasteiger partial charge in [0.25, 0.3) is 0 Å². The minimum absolute atomic E-state index is 0.494. The van der Waals surface area contributed by atoms with Gasteiger partial charge >= 0.3 is 0 Å². The maximum atomic E-state index is 11.1.